The first kappa shape index (κ1) is 21.4. The van der Waals surface area contributed by atoms with Crippen molar-refractivity contribution < 1.29 is 14.3 Å². The quantitative estimate of drug-likeness (QED) is 0.586. The molecule has 0 saturated carbocycles. The molecule has 0 bridgehead atoms. The van der Waals surface area contributed by atoms with Crippen LogP contribution in [0, 0.1) is 0 Å². The molecule has 3 rings (SSSR count). The summed E-state index contributed by atoms with van der Waals surface area (Å²) < 4.78 is 12.3. The number of ether oxygens (including phenoxy) is 2. The minimum Gasteiger partial charge on any atom is -0.493 e. The molecule has 1 amide bonds. The zero-order valence-electron chi connectivity index (χ0n) is 18.2. The summed E-state index contributed by atoms with van der Waals surface area (Å²) in [6, 6.07) is 11.3. The Bertz CT molecular complexity index is 1120. The van der Waals surface area contributed by atoms with Crippen LogP contribution in [0.4, 0.5) is 5.69 Å². The van der Waals surface area contributed by atoms with Crippen LogP contribution >= 0.6 is 0 Å². The Morgan fingerprint density at radius 3 is 2.07 bits per heavy atom. The van der Waals surface area contributed by atoms with Crippen molar-refractivity contribution in [2.75, 3.05) is 25.7 Å². The topological polar surface area (TPSA) is 60.8 Å². The third-order valence-corrected chi connectivity index (χ3v) is 5.38. The van der Waals surface area contributed by atoms with Gasteiger partial charge in [0.1, 0.15) is 0 Å². The van der Waals surface area contributed by atoms with E-state index in [1.807, 2.05) is 38.1 Å². The molecule has 0 aliphatic heterocycles. The zero-order chi connectivity index (χ0) is 21.8. The number of hydrogen-bond donors (Lipinski definition) is 0. The summed E-state index contributed by atoms with van der Waals surface area (Å²) in [4.78, 5) is 28.3. The van der Waals surface area contributed by atoms with Gasteiger partial charge in [0.05, 0.1) is 25.2 Å². The Morgan fingerprint density at radius 1 is 0.967 bits per heavy atom. The number of anilines is 1. The number of nitrogens with zero attached hydrogens (tertiary/aromatic N) is 2. The van der Waals surface area contributed by atoms with Crippen molar-refractivity contribution in [1.29, 1.82) is 0 Å². The van der Waals surface area contributed by atoms with E-state index in [2.05, 4.69) is 6.92 Å². The fourth-order valence-corrected chi connectivity index (χ4v) is 3.62. The number of fused-ring (bicyclic) bond motifs is 1. The lowest BCUT2D eigenvalue weighted by molar-refractivity contribution is 0.0989. The van der Waals surface area contributed by atoms with Crippen LogP contribution in [0.25, 0.3) is 10.8 Å². The number of pyridine rings is 1. The molecule has 0 N–H and O–H groups in total. The molecule has 1 heterocycles. The average molecular weight is 408 g/mol. The van der Waals surface area contributed by atoms with Gasteiger partial charge < -0.3 is 18.9 Å². The maximum Gasteiger partial charge on any atom is 0.260 e. The number of aromatic nitrogens is 1. The highest BCUT2D eigenvalue weighted by Crippen LogP contribution is 2.33. The van der Waals surface area contributed by atoms with Crippen LogP contribution in [0.2, 0.25) is 0 Å². The highest BCUT2D eigenvalue weighted by atomic mass is 16.5. The van der Waals surface area contributed by atoms with Gasteiger partial charge in [-0.2, -0.15) is 0 Å². The minimum atomic E-state index is -0.166. The number of amides is 1. The molecule has 158 valence electrons. The predicted molar refractivity (Wildman–Crippen MR) is 120 cm³/mol. The number of carbonyl (C=O) groups is 1. The highest BCUT2D eigenvalue weighted by Gasteiger charge is 2.22. The van der Waals surface area contributed by atoms with E-state index in [-0.39, 0.29) is 11.5 Å². The Balaban J connectivity index is 2.22. The number of hydrogen-bond acceptors (Lipinski definition) is 4. The lowest BCUT2D eigenvalue weighted by Gasteiger charge is -2.23. The average Bonchev–Trinajstić information content (AvgIpc) is 2.79. The zero-order valence-corrected chi connectivity index (χ0v) is 18.2. The van der Waals surface area contributed by atoms with Gasteiger partial charge >= 0.3 is 0 Å². The standard InChI is InChI=1S/C24H28N2O4/c1-6-16-9-11-17(12-10-16)26(8-3)24(28)20-15-25(7-2)23(27)19-14-22(30-5)21(29-4)13-18(19)20/h9-15H,6-8H2,1-5H3. The number of benzene rings is 2. The largest absolute Gasteiger partial charge is 0.493 e. The SMILES string of the molecule is CCc1ccc(N(CC)C(=O)c2cn(CC)c(=O)c3cc(OC)c(OC)cc23)cc1. The lowest BCUT2D eigenvalue weighted by Crippen LogP contribution is -2.32. The summed E-state index contributed by atoms with van der Waals surface area (Å²) >= 11 is 0. The summed E-state index contributed by atoms with van der Waals surface area (Å²) in [5.41, 5.74) is 2.32. The molecule has 0 aliphatic carbocycles. The summed E-state index contributed by atoms with van der Waals surface area (Å²) in [7, 11) is 3.06. The van der Waals surface area contributed by atoms with Crippen molar-refractivity contribution in [1.82, 2.24) is 4.57 Å². The molecule has 0 fully saturated rings. The number of methoxy groups -OCH3 is 2. The molecule has 0 aliphatic rings. The number of aryl methyl sites for hydroxylation is 2. The van der Waals surface area contributed by atoms with Crippen molar-refractivity contribution in [3.63, 3.8) is 0 Å². The summed E-state index contributed by atoms with van der Waals surface area (Å²) in [5.74, 6) is 0.765. The summed E-state index contributed by atoms with van der Waals surface area (Å²) in [6.07, 6.45) is 2.58. The maximum absolute atomic E-state index is 13.6. The van der Waals surface area contributed by atoms with E-state index in [4.69, 9.17) is 9.47 Å². The van der Waals surface area contributed by atoms with Crippen LogP contribution in [-0.2, 0) is 13.0 Å². The first-order chi connectivity index (χ1) is 14.5. The molecule has 1 aromatic heterocycles. The van der Waals surface area contributed by atoms with Crippen LogP contribution in [-0.4, -0.2) is 31.2 Å². The van der Waals surface area contributed by atoms with E-state index < -0.39 is 0 Å². The summed E-state index contributed by atoms with van der Waals surface area (Å²) in [6.45, 7) is 6.88. The molecule has 0 unspecified atom stereocenters. The fourth-order valence-electron chi connectivity index (χ4n) is 3.62. The van der Waals surface area contributed by atoms with Crippen molar-refractivity contribution in [3.8, 4) is 11.5 Å². The second-order valence-corrected chi connectivity index (χ2v) is 6.96. The van der Waals surface area contributed by atoms with E-state index in [1.165, 1.54) is 19.8 Å². The van der Waals surface area contributed by atoms with Crippen LogP contribution in [0.3, 0.4) is 0 Å². The second-order valence-electron chi connectivity index (χ2n) is 6.96. The maximum atomic E-state index is 13.6. The third kappa shape index (κ3) is 3.77. The molecule has 6 nitrogen and oxygen atoms in total. The Morgan fingerprint density at radius 2 is 1.57 bits per heavy atom. The van der Waals surface area contributed by atoms with Gasteiger partial charge in [-0.05, 0) is 50.1 Å². The number of carbonyl (C=O) groups excluding carboxylic acids is 1. The van der Waals surface area contributed by atoms with Crippen LogP contribution < -0.4 is 19.9 Å². The van der Waals surface area contributed by atoms with Gasteiger partial charge in [-0.15, -0.1) is 0 Å². The molecule has 0 saturated heterocycles. The molecule has 30 heavy (non-hydrogen) atoms. The monoisotopic (exact) mass is 408 g/mol. The van der Waals surface area contributed by atoms with Gasteiger partial charge in [0.25, 0.3) is 11.5 Å². The lowest BCUT2D eigenvalue weighted by atomic mass is 10.0. The molecule has 6 heteroatoms. The fraction of sp³-hybridized carbons (Fsp3) is 0.333. The van der Waals surface area contributed by atoms with E-state index in [1.54, 1.807) is 27.8 Å². The normalized spacial score (nSPS) is 10.8. The van der Waals surface area contributed by atoms with Crippen molar-refractivity contribution in [3.05, 3.63) is 64.1 Å². The van der Waals surface area contributed by atoms with Gasteiger partial charge in [0.15, 0.2) is 11.5 Å². The molecular formula is C24H28N2O4. The Labute approximate surface area is 176 Å². The Hall–Kier alpha value is -3.28. The summed E-state index contributed by atoms with van der Waals surface area (Å²) in [5, 5.41) is 0.980. The molecule has 0 atom stereocenters. The minimum absolute atomic E-state index is 0.166. The van der Waals surface area contributed by atoms with Gasteiger partial charge in [-0.25, -0.2) is 0 Å². The van der Waals surface area contributed by atoms with Crippen molar-refractivity contribution >= 4 is 22.4 Å². The van der Waals surface area contributed by atoms with E-state index in [0.717, 1.165) is 12.1 Å². The van der Waals surface area contributed by atoms with Crippen LogP contribution in [0.5, 0.6) is 11.5 Å². The van der Waals surface area contributed by atoms with Crippen LogP contribution in [0.15, 0.2) is 47.4 Å². The van der Waals surface area contributed by atoms with Gasteiger partial charge in [0.2, 0.25) is 0 Å². The van der Waals surface area contributed by atoms with Gasteiger partial charge in [0, 0.05) is 30.4 Å². The van der Waals surface area contributed by atoms with Crippen LogP contribution in [0.1, 0.15) is 36.7 Å². The molecule has 0 radical (unpaired) electrons. The van der Waals surface area contributed by atoms with E-state index in [0.29, 0.717) is 40.9 Å². The predicted octanol–water partition coefficient (Wildman–Crippen LogP) is 4.27. The molecule has 3 aromatic rings. The molecule has 0 spiro atoms. The highest BCUT2D eigenvalue weighted by molar-refractivity contribution is 6.14. The molecule has 2 aromatic carbocycles. The molecular weight excluding hydrogens is 380 g/mol. The Kier molecular flexibility index (Phi) is 6.45. The van der Waals surface area contributed by atoms with Crippen molar-refractivity contribution in [2.24, 2.45) is 0 Å². The second kappa shape index (κ2) is 9.03. The van der Waals surface area contributed by atoms with E-state index >= 15 is 0 Å². The first-order valence-corrected chi connectivity index (χ1v) is 10.2. The smallest absolute Gasteiger partial charge is 0.260 e. The van der Waals surface area contributed by atoms with Gasteiger partial charge in [-0.1, -0.05) is 19.1 Å². The first-order valence-electron chi connectivity index (χ1n) is 10.2. The number of rotatable bonds is 7. The van der Waals surface area contributed by atoms with Crippen molar-refractivity contribution in [2.45, 2.75) is 33.7 Å². The van der Waals surface area contributed by atoms with E-state index in [9.17, 15) is 9.59 Å². The van der Waals surface area contributed by atoms with Gasteiger partial charge in [-0.3, -0.25) is 9.59 Å². The third-order valence-electron chi connectivity index (χ3n) is 5.38.